The van der Waals surface area contributed by atoms with Gasteiger partial charge in [-0.05, 0) is 37.1 Å². The molecule has 2 amide bonds. The zero-order valence-corrected chi connectivity index (χ0v) is 13.8. The highest BCUT2D eigenvalue weighted by atomic mass is 19.1. The van der Waals surface area contributed by atoms with Crippen molar-refractivity contribution in [1.29, 1.82) is 0 Å². The van der Waals surface area contributed by atoms with Crippen molar-refractivity contribution in [2.75, 3.05) is 7.05 Å². The maximum absolute atomic E-state index is 12.9. The number of aromatic nitrogens is 3. The predicted octanol–water partition coefficient (Wildman–Crippen LogP) is 3.08. The Labute approximate surface area is 140 Å². The average molecular weight is 331 g/mol. The number of halogens is 1. The standard InChI is InChI=1S/C17H22FN5O/c1-23(14-5-3-2-4-6-14)17(24)19-11-15-20-16(22-21-15)12-7-9-13(18)10-8-12/h7-10,14H,2-6,11H2,1H3,(H,19,24)(H,20,21,22). The molecule has 24 heavy (non-hydrogen) atoms. The van der Waals surface area contributed by atoms with Crippen LogP contribution in [0.2, 0.25) is 0 Å². The zero-order chi connectivity index (χ0) is 16.9. The van der Waals surface area contributed by atoms with E-state index in [1.165, 1.54) is 31.4 Å². The fraction of sp³-hybridized carbons (Fsp3) is 0.471. The number of amides is 2. The maximum atomic E-state index is 12.9. The number of hydrogen-bond donors (Lipinski definition) is 2. The smallest absolute Gasteiger partial charge is 0.317 e. The third-order valence-corrected chi connectivity index (χ3v) is 4.48. The first kappa shape index (κ1) is 16.4. The Morgan fingerprint density at radius 3 is 2.71 bits per heavy atom. The number of aromatic amines is 1. The Morgan fingerprint density at radius 1 is 1.29 bits per heavy atom. The summed E-state index contributed by atoms with van der Waals surface area (Å²) in [7, 11) is 1.84. The SMILES string of the molecule is CN(C(=O)NCc1nc(-c2ccc(F)cc2)n[nH]1)C1CCCCC1. The molecule has 128 valence electrons. The van der Waals surface area contributed by atoms with Crippen LogP contribution >= 0.6 is 0 Å². The summed E-state index contributed by atoms with van der Waals surface area (Å²) >= 11 is 0. The van der Waals surface area contributed by atoms with Crippen molar-refractivity contribution < 1.29 is 9.18 Å². The van der Waals surface area contributed by atoms with Gasteiger partial charge in [-0.1, -0.05) is 19.3 Å². The summed E-state index contributed by atoms with van der Waals surface area (Å²) < 4.78 is 12.9. The molecule has 1 aliphatic carbocycles. The largest absolute Gasteiger partial charge is 0.331 e. The summed E-state index contributed by atoms with van der Waals surface area (Å²) in [5, 5.41) is 9.77. The number of hydrogen-bond acceptors (Lipinski definition) is 3. The number of carbonyl (C=O) groups excluding carboxylic acids is 1. The van der Waals surface area contributed by atoms with E-state index in [0.717, 1.165) is 18.4 Å². The van der Waals surface area contributed by atoms with E-state index in [1.807, 2.05) is 7.05 Å². The van der Waals surface area contributed by atoms with Crippen LogP contribution in [0, 0.1) is 5.82 Å². The number of H-pyrrole nitrogens is 1. The normalized spacial score (nSPS) is 15.2. The molecule has 1 aliphatic rings. The molecule has 0 radical (unpaired) electrons. The van der Waals surface area contributed by atoms with E-state index < -0.39 is 0 Å². The molecule has 1 aromatic carbocycles. The molecule has 0 bridgehead atoms. The van der Waals surface area contributed by atoms with Gasteiger partial charge in [-0.15, -0.1) is 0 Å². The molecule has 0 atom stereocenters. The van der Waals surface area contributed by atoms with Crippen molar-refractivity contribution in [3.63, 3.8) is 0 Å². The number of benzene rings is 1. The number of urea groups is 1. The van der Waals surface area contributed by atoms with Crippen molar-refractivity contribution in [3.8, 4) is 11.4 Å². The van der Waals surface area contributed by atoms with Crippen LogP contribution in [0.25, 0.3) is 11.4 Å². The highest BCUT2D eigenvalue weighted by molar-refractivity contribution is 5.74. The highest BCUT2D eigenvalue weighted by Crippen LogP contribution is 2.21. The molecule has 0 aliphatic heterocycles. The van der Waals surface area contributed by atoms with Gasteiger partial charge in [0, 0.05) is 18.7 Å². The van der Waals surface area contributed by atoms with Crippen LogP contribution in [0.4, 0.5) is 9.18 Å². The molecule has 0 saturated heterocycles. The van der Waals surface area contributed by atoms with Crippen LogP contribution in [-0.2, 0) is 6.54 Å². The summed E-state index contributed by atoms with van der Waals surface area (Å²) in [6.45, 7) is 0.282. The zero-order valence-electron chi connectivity index (χ0n) is 13.8. The number of rotatable bonds is 4. The summed E-state index contributed by atoms with van der Waals surface area (Å²) in [5.41, 5.74) is 0.726. The molecule has 1 fully saturated rings. The molecule has 7 heteroatoms. The van der Waals surface area contributed by atoms with Crippen molar-refractivity contribution in [1.82, 2.24) is 25.4 Å². The van der Waals surface area contributed by atoms with Gasteiger partial charge < -0.3 is 10.2 Å². The summed E-state index contributed by atoms with van der Waals surface area (Å²) in [4.78, 5) is 18.4. The molecular formula is C17H22FN5O. The Hall–Kier alpha value is -2.44. The fourth-order valence-electron chi connectivity index (χ4n) is 3.02. The second kappa shape index (κ2) is 7.42. The van der Waals surface area contributed by atoms with Crippen LogP contribution < -0.4 is 5.32 Å². The molecule has 1 aromatic heterocycles. The van der Waals surface area contributed by atoms with Gasteiger partial charge in [-0.3, -0.25) is 5.10 Å². The lowest BCUT2D eigenvalue weighted by molar-refractivity contribution is 0.173. The second-order valence-electron chi connectivity index (χ2n) is 6.17. The van der Waals surface area contributed by atoms with Gasteiger partial charge in [-0.25, -0.2) is 14.2 Å². The first-order valence-corrected chi connectivity index (χ1v) is 8.31. The van der Waals surface area contributed by atoms with Crippen LogP contribution in [-0.4, -0.2) is 39.2 Å². The molecule has 2 N–H and O–H groups in total. The maximum Gasteiger partial charge on any atom is 0.317 e. The van der Waals surface area contributed by atoms with E-state index in [0.29, 0.717) is 17.7 Å². The number of nitrogens with one attached hydrogen (secondary N) is 2. The number of carbonyl (C=O) groups is 1. The van der Waals surface area contributed by atoms with Crippen molar-refractivity contribution in [3.05, 3.63) is 35.9 Å². The lowest BCUT2D eigenvalue weighted by Crippen LogP contribution is -2.44. The lowest BCUT2D eigenvalue weighted by atomic mass is 9.95. The summed E-state index contributed by atoms with van der Waals surface area (Å²) in [5.74, 6) is 0.757. The Morgan fingerprint density at radius 2 is 2.00 bits per heavy atom. The lowest BCUT2D eigenvalue weighted by Gasteiger charge is -2.31. The van der Waals surface area contributed by atoms with Crippen LogP contribution in [0.3, 0.4) is 0 Å². The molecule has 1 heterocycles. The quantitative estimate of drug-likeness (QED) is 0.904. The molecule has 0 unspecified atom stereocenters. The van der Waals surface area contributed by atoms with Gasteiger partial charge in [-0.2, -0.15) is 5.10 Å². The predicted molar refractivity (Wildman–Crippen MR) is 88.6 cm³/mol. The van der Waals surface area contributed by atoms with Crippen LogP contribution in [0.5, 0.6) is 0 Å². The third-order valence-electron chi connectivity index (χ3n) is 4.48. The Kier molecular flexibility index (Phi) is 5.08. The van der Waals surface area contributed by atoms with Gasteiger partial charge in [0.25, 0.3) is 0 Å². The number of nitrogens with zero attached hydrogens (tertiary/aromatic N) is 3. The monoisotopic (exact) mass is 331 g/mol. The minimum Gasteiger partial charge on any atom is -0.331 e. The first-order chi connectivity index (χ1) is 11.6. The van der Waals surface area contributed by atoms with Gasteiger partial charge in [0.1, 0.15) is 11.6 Å². The molecule has 3 rings (SSSR count). The molecular weight excluding hydrogens is 309 g/mol. The van der Waals surface area contributed by atoms with E-state index >= 15 is 0 Å². The van der Waals surface area contributed by atoms with Gasteiger partial charge in [0.2, 0.25) is 0 Å². The summed E-state index contributed by atoms with van der Waals surface area (Å²) in [6, 6.07) is 6.21. The van der Waals surface area contributed by atoms with Crippen molar-refractivity contribution in [2.24, 2.45) is 0 Å². The minimum atomic E-state index is -0.299. The molecule has 1 saturated carbocycles. The first-order valence-electron chi connectivity index (χ1n) is 8.31. The van der Waals surface area contributed by atoms with Gasteiger partial charge in [0.15, 0.2) is 5.82 Å². The molecule has 0 spiro atoms. The van der Waals surface area contributed by atoms with E-state index in [2.05, 4.69) is 20.5 Å². The summed E-state index contributed by atoms with van der Waals surface area (Å²) in [6.07, 6.45) is 5.77. The van der Waals surface area contributed by atoms with E-state index in [9.17, 15) is 9.18 Å². The van der Waals surface area contributed by atoms with Gasteiger partial charge in [0.05, 0.1) is 6.54 Å². The Balaban J connectivity index is 1.55. The topological polar surface area (TPSA) is 73.9 Å². The molecule has 2 aromatic rings. The van der Waals surface area contributed by atoms with Crippen LogP contribution in [0.15, 0.2) is 24.3 Å². The average Bonchev–Trinajstić information content (AvgIpc) is 3.09. The third kappa shape index (κ3) is 3.90. The van der Waals surface area contributed by atoms with E-state index in [-0.39, 0.29) is 18.4 Å². The van der Waals surface area contributed by atoms with Crippen molar-refractivity contribution in [2.45, 2.75) is 44.7 Å². The van der Waals surface area contributed by atoms with E-state index in [4.69, 9.17) is 0 Å². The van der Waals surface area contributed by atoms with Gasteiger partial charge >= 0.3 is 6.03 Å². The second-order valence-corrected chi connectivity index (χ2v) is 6.17. The fourth-order valence-corrected chi connectivity index (χ4v) is 3.02. The highest BCUT2D eigenvalue weighted by Gasteiger charge is 2.21. The Bertz CT molecular complexity index is 679. The van der Waals surface area contributed by atoms with E-state index in [1.54, 1.807) is 17.0 Å². The van der Waals surface area contributed by atoms with Crippen molar-refractivity contribution >= 4 is 6.03 Å². The minimum absolute atomic E-state index is 0.0957. The van der Waals surface area contributed by atoms with Crippen LogP contribution in [0.1, 0.15) is 37.9 Å². The molecule has 6 nitrogen and oxygen atoms in total.